The van der Waals surface area contributed by atoms with E-state index in [0.717, 1.165) is 5.56 Å². The van der Waals surface area contributed by atoms with Crippen molar-refractivity contribution in [3.63, 3.8) is 0 Å². The first-order valence-electron chi connectivity index (χ1n) is 11.4. The Hall–Kier alpha value is -4.92. The normalized spacial score (nSPS) is 11.0. The third-order valence-electron chi connectivity index (χ3n) is 6.10. The van der Waals surface area contributed by atoms with Crippen LogP contribution < -0.4 is 16.6 Å². The number of nitrogens with two attached hydrogens (primary N) is 1. The molecule has 5 aromatic rings. The number of hydrogen-bond acceptors (Lipinski definition) is 6. The number of para-hydroxylation sites is 1. The van der Waals surface area contributed by atoms with E-state index in [1.807, 2.05) is 31.2 Å². The summed E-state index contributed by atoms with van der Waals surface area (Å²) in [5, 5.41) is 13.0. The van der Waals surface area contributed by atoms with Crippen LogP contribution >= 0.6 is 0 Å². The van der Waals surface area contributed by atoms with Crippen molar-refractivity contribution < 1.29 is 8.78 Å². The number of nitrogens with zero attached hydrogens (tertiary/aromatic N) is 3. The smallest absolute Gasteiger partial charge is 0.263 e. The summed E-state index contributed by atoms with van der Waals surface area (Å²) in [6, 6.07) is 19.0. The summed E-state index contributed by atoms with van der Waals surface area (Å²) in [5.41, 5.74) is 7.51. The van der Waals surface area contributed by atoms with Gasteiger partial charge in [-0.3, -0.25) is 14.8 Å². The van der Waals surface area contributed by atoms with Gasteiger partial charge in [0.1, 0.15) is 29.6 Å². The number of anilines is 2. The summed E-state index contributed by atoms with van der Waals surface area (Å²) in [7, 11) is 0. The average Bonchev–Trinajstić information content (AvgIpc) is 2.88. The summed E-state index contributed by atoms with van der Waals surface area (Å²) in [5.74, 6) is -0.780. The minimum absolute atomic E-state index is 0.0346. The fourth-order valence-corrected chi connectivity index (χ4v) is 4.36. The van der Waals surface area contributed by atoms with Crippen LogP contribution in [0.3, 0.4) is 0 Å². The Bertz CT molecular complexity index is 1730. The van der Waals surface area contributed by atoms with Crippen molar-refractivity contribution in [2.24, 2.45) is 0 Å². The van der Waals surface area contributed by atoms with Crippen LogP contribution in [0.15, 0.2) is 83.9 Å². The van der Waals surface area contributed by atoms with Gasteiger partial charge in [0.05, 0.1) is 28.9 Å². The highest BCUT2D eigenvalue weighted by Gasteiger charge is 2.19. The van der Waals surface area contributed by atoms with Crippen LogP contribution in [0.25, 0.3) is 16.5 Å². The largest absolute Gasteiger partial charge is 0.383 e. The van der Waals surface area contributed by atoms with Crippen molar-refractivity contribution in [1.82, 2.24) is 14.5 Å². The van der Waals surface area contributed by atoms with Crippen LogP contribution in [0.1, 0.15) is 22.4 Å². The van der Waals surface area contributed by atoms with Gasteiger partial charge in [-0.2, -0.15) is 0 Å². The van der Waals surface area contributed by atoms with E-state index in [9.17, 15) is 13.6 Å². The van der Waals surface area contributed by atoms with Gasteiger partial charge in [-0.25, -0.2) is 18.7 Å². The van der Waals surface area contributed by atoms with Gasteiger partial charge in [0.25, 0.3) is 5.56 Å². The van der Waals surface area contributed by atoms with Gasteiger partial charge in [0, 0.05) is 11.3 Å². The number of benzene rings is 3. The van der Waals surface area contributed by atoms with Gasteiger partial charge in [0.2, 0.25) is 0 Å². The summed E-state index contributed by atoms with van der Waals surface area (Å²) >= 11 is 0. The molecular formula is C28H22F2N6O. The first kappa shape index (κ1) is 23.8. The number of aromatic nitrogens is 3. The lowest BCUT2D eigenvalue weighted by Gasteiger charge is -2.18. The van der Waals surface area contributed by atoms with Crippen LogP contribution in [-0.2, 0) is 6.54 Å². The highest BCUT2D eigenvalue weighted by atomic mass is 19.1. The number of aryl methyl sites for hydroxylation is 1. The van der Waals surface area contributed by atoms with Crippen molar-refractivity contribution in [3.8, 4) is 5.69 Å². The van der Waals surface area contributed by atoms with Crippen molar-refractivity contribution in [2.45, 2.75) is 13.5 Å². The third kappa shape index (κ3) is 4.42. The Labute approximate surface area is 210 Å². The molecule has 2 aromatic heterocycles. The van der Waals surface area contributed by atoms with E-state index in [0.29, 0.717) is 22.0 Å². The van der Waals surface area contributed by atoms with E-state index in [1.165, 1.54) is 41.2 Å². The van der Waals surface area contributed by atoms with E-state index in [1.54, 1.807) is 18.2 Å². The SMILES string of the molecule is Cc1cccc2cc(CNc3ncnc(N)c3C(=N)c3cccc(F)c3)n(-c3ccccc3F)c(=O)c12. The molecule has 0 atom stereocenters. The van der Waals surface area contributed by atoms with E-state index in [-0.39, 0.29) is 40.7 Å². The zero-order chi connectivity index (χ0) is 26.1. The third-order valence-corrected chi connectivity index (χ3v) is 6.10. The van der Waals surface area contributed by atoms with E-state index in [4.69, 9.17) is 11.1 Å². The van der Waals surface area contributed by atoms with Gasteiger partial charge in [-0.15, -0.1) is 0 Å². The molecule has 7 nitrogen and oxygen atoms in total. The van der Waals surface area contributed by atoms with Crippen molar-refractivity contribution in [2.75, 3.05) is 11.1 Å². The molecule has 0 aliphatic carbocycles. The fourth-order valence-electron chi connectivity index (χ4n) is 4.36. The Morgan fingerprint density at radius 2 is 1.81 bits per heavy atom. The molecule has 3 aromatic carbocycles. The summed E-state index contributed by atoms with van der Waals surface area (Å²) in [4.78, 5) is 21.9. The molecule has 2 heterocycles. The zero-order valence-electron chi connectivity index (χ0n) is 19.8. The van der Waals surface area contributed by atoms with E-state index < -0.39 is 11.6 Å². The number of nitrogen functional groups attached to an aromatic ring is 1. The second-order valence-electron chi connectivity index (χ2n) is 8.49. The van der Waals surface area contributed by atoms with Gasteiger partial charge < -0.3 is 11.1 Å². The quantitative estimate of drug-likeness (QED) is 0.287. The molecule has 5 rings (SSSR count). The molecule has 0 aliphatic rings. The number of hydrogen-bond donors (Lipinski definition) is 3. The molecule has 0 radical (unpaired) electrons. The predicted octanol–water partition coefficient (Wildman–Crippen LogP) is 4.98. The maximum atomic E-state index is 14.9. The fraction of sp³-hybridized carbons (Fsp3) is 0.0714. The molecule has 0 fully saturated rings. The molecule has 184 valence electrons. The molecule has 0 spiro atoms. The monoisotopic (exact) mass is 496 g/mol. The Morgan fingerprint density at radius 1 is 1.03 bits per heavy atom. The van der Waals surface area contributed by atoms with Gasteiger partial charge >= 0.3 is 0 Å². The summed E-state index contributed by atoms with van der Waals surface area (Å²) in [6.07, 6.45) is 1.24. The molecule has 0 saturated carbocycles. The van der Waals surface area contributed by atoms with Crippen molar-refractivity contribution in [3.05, 3.63) is 123 Å². The highest BCUT2D eigenvalue weighted by molar-refractivity contribution is 6.16. The number of nitrogens with one attached hydrogen (secondary N) is 2. The van der Waals surface area contributed by atoms with Gasteiger partial charge in [0.15, 0.2) is 0 Å². The van der Waals surface area contributed by atoms with Crippen molar-refractivity contribution >= 4 is 28.1 Å². The van der Waals surface area contributed by atoms with Crippen LogP contribution in [0, 0.1) is 24.0 Å². The van der Waals surface area contributed by atoms with Crippen LogP contribution in [0.4, 0.5) is 20.4 Å². The summed E-state index contributed by atoms with van der Waals surface area (Å²) < 4.78 is 30.0. The van der Waals surface area contributed by atoms with Crippen LogP contribution in [-0.4, -0.2) is 20.2 Å². The Kier molecular flexibility index (Phi) is 6.19. The van der Waals surface area contributed by atoms with E-state index in [2.05, 4.69) is 15.3 Å². The number of pyridine rings is 1. The zero-order valence-corrected chi connectivity index (χ0v) is 19.8. The lowest BCUT2D eigenvalue weighted by Crippen LogP contribution is -2.25. The molecule has 0 aliphatic heterocycles. The molecule has 4 N–H and O–H groups in total. The first-order chi connectivity index (χ1) is 17.8. The molecular weight excluding hydrogens is 474 g/mol. The molecule has 0 unspecified atom stereocenters. The minimum Gasteiger partial charge on any atom is -0.383 e. The topological polar surface area (TPSA) is 110 Å². The first-order valence-corrected chi connectivity index (χ1v) is 11.4. The second kappa shape index (κ2) is 9.62. The molecule has 0 bridgehead atoms. The predicted molar refractivity (Wildman–Crippen MR) is 140 cm³/mol. The lowest BCUT2D eigenvalue weighted by molar-refractivity contribution is 0.614. The molecule has 37 heavy (non-hydrogen) atoms. The maximum absolute atomic E-state index is 14.9. The highest BCUT2D eigenvalue weighted by Crippen LogP contribution is 2.25. The number of fused-ring (bicyclic) bond motifs is 1. The van der Waals surface area contributed by atoms with Crippen LogP contribution in [0.5, 0.6) is 0 Å². The second-order valence-corrected chi connectivity index (χ2v) is 8.49. The number of rotatable bonds is 6. The van der Waals surface area contributed by atoms with Crippen LogP contribution in [0.2, 0.25) is 0 Å². The van der Waals surface area contributed by atoms with Gasteiger partial charge in [-0.1, -0.05) is 42.5 Å². The molecule has 0 saturated heterocycles. The minimum atomic E-state index is -0.543. The molecule has 0 amide bonds. The number of halogens is 2. The maximum Gasteiger partial charge on any atom is 0.263 e. The van der Waals surface area contributed by atoms with Crippen molar-refractivity contribution in [1.29, 1.82) is 5.41 Å². The lowest BCUT2D eigenvalue weighted by atomic mass is 10.0. The van der Waals surface area contributed by atoms with Gasteiger partial charge in [-0.05, 0) is 48.2 Å². The summed E-state index contributed by atoms with van der Waals surface area (Å²) in [6.45, 7) is 1.88. The Balaban J connectivity index is 1.62. The van der Waals surface area contributed by atoms with E-state index >= 15 is 0 Å². The Morgan fingerprint density at radius 3 is 2.59 bits per heavy atom. The molecule has 9 heteroatoms. The standard InChI is InChI=1S/C28H22F2N6O/c1-16-6-4-7-17-13-20(36(28(37)23(16)17)22-11-3-2-10-21(22)30)14-33-27-24(26(32)34-15-35-27)25(31)18-8-5-9-19(29)12-18/h2-13,15,31H,14H2,1H3,(H3,32,33,34,35). The average molecular weight is 497 g/mol.